The summed E-state index contributed by atoms with van der Waals surface area (Å²) in [6.45, 7) is 8.26. The third kappa shape index (κ3) is 8.04. The highest BCUT2D eigenvalue weighted by atomic mass is 19.4. The second-order valence-corrected chi connectivity index (χ2v) is 10.0. The lowest BCUT2D eigenvalue weighted by atomic mass is 9.91. The molecule has 3 heterocycles. The van der Waals surface area contributed by atoms with Crippen molar-refractivity contribution in [2.75, 3.05) is 51.2 Å². The van der Waals surface area contributed by atoms with Gasteiger partial charge < -0.3 is 19.3 Å². The Morgan fingerprint density at radius 1 is 1.00 bits per heavy atom. The van der Waals surface area contributed by atoms with E-state index in [4.69, 9.17) is 9.72 Å². The minimum atomic E-state index is -4.71. The van der Waals surface area contributed by atoms with Crippen molar-refractivity contribution in [2.45, 2.75) is 57.5 Å². The third-order valence-corrected chi connectivity index (χ3v) is 7.19. The lowest BCUT2D eigenvalue weighted by Gasteiger charge is -2.43. The number of aldehydes is 1. The van der Waals surface area contributed by atoms with E-state index >= 15 is 0 Å². The number of carbonyl (C=O) groups excluding carboxylic acids is 1. The second kappa shape index (κ2) is 12.8. The number of nitrogens with zero attached hydrogens (tertiary/aromatic N) is 5. The van der Waals surface area contributed by atoms with Crippen LogP contribution in [0.4, 0.5) is 19.1 Å². The molecule has 5 rings (SSSR count). The molecule has 8 nitrogen and oxygen atoms in total. The molecule has 208 valence electrons. The van der Waals surface area contributed by atoms with Gasteiger partial charge in [0.25, 0.3) is 0 Å². The highest BCUT2D eigenvalue weighted by Gasteiger charge is 2.31. The molecule has 2 aliphatic heterocycles. The van der Waals surface area contributed by atoms with Crippen molar-refractivity contribution in [1.29, 1.82) is 0 Å². The molecule has 2 fully saturated rings. The van der Waals surface area contributed by atoms with Crippen molar-refractivity contribution in [1.82, 2.24) is 19.8 Å². The average Bonchev–Trinajstić information content (AvgIpc) is 3.05. The van der Waals surface area contributed by atoms with Gasteiger partial charge in [0.1, 0.15) is 11.5 Å². The van der Waals surface area contributed by atoms with E-state index in [9.17, 15) is 18.0 Å². The minimum absolute atomic E-state index is 0.300. The van der Waals surface area contributed by atoms with Crippen LogP contribution >= 0.6 is 0 Å². The first-order valence-corrected chi connectivity index (χ1v) is 13.2. The van der Waals surface area contributed by atoms with Crippen LogP contribution in [-0.2, 0) is 17.6 Å². The Morgan fingerprint density at radius 3 is 2.26 bits per heavy atom. The van der Waals surface area contributed by atoms with Gasteiger partial charge in [-0.05, 0) is 63.1 Å². The first-order chi connectivity index (χ1) is 18.2. The van der Waals surface area contributed by atoms with Crippen LogP contribution in [0.5, 0.6) is 11.5 Å². The molecule has 3 aliphatic rings. The SMILES string of the molecule is CC(C=O)Oc1ccc(OC(F)(F)F)cc1.CN1CCc2cnc(N3CCN(C4CCC4)CC3)nc2CC1. The summed E-state index contributed by atoms with van der Waals surface area (Å²) in [4.78, 5) is 27.3. The molecular weight excluding hydrogens is 499 g/mol. The number of halogens is 3. The molecule has 0 N–H and O–H groups in total. The van der Waals surface area contributed by atoms with Crippen molar-refractivity contribution in [3.05, 3.63) is 41.7 Å². The van der Waals surface area contributed by atoms with Gasteiger partial charge in [0.05, 0.1) is 5.69 Å². The van der Waals surface area contributed by atoms with Crippen molar-refractivity contribution in [2.24, 2.45) is 0 Å². The number of hydrogen-bond donors (Lipinski definition) is 0. The summed E-state index contributed by atoms with van der Waals surface area (Å²) < 4.78 is 44.1. The van der Waals surface area contributed by atoms with Crippen LogP contribution in [0.25, 0.3) is 0 Å². The topological polar surface area (TPSA) is 71.0 Å². The average molecular weight is 536 g/mol. The Balaban J connectivity index is 0.000000188. The van der Waals surface area contributed by atoms with E-state index < -0.39 is 12.5 Å². The number of hydrogen-bond acceptors (Lipinski definition) is 8. The number of carbonyl (C=O) groups is 1. The normalized spacial score (nSPS) is 19.8. The maximum absolute atomic E-state index is 11.8. The lowest BCUT2D eigenvalue weighted by Crippen LogP contribution is -2.52. The number of fused-ring (bicyclic) bond motifs is 1. The summed E-state index contributed by atoms with van der Waals surface area (Å²) in [7, 11) is 2.19. The minimum Gasteiger partial charge on any atom is -0.483 e. The Bertz CT molecular complexity index is 1040. The molecule has 1 aromatic heterocycles. The molecule has 0 spiro atoms. The summed E-state index contributed by atoms with van der Waals surface area (Å²) in [5.41, 5.74) is 2.62. The summed E-state index contributed by atoms with van der Waals surface area (Å²) in [6.07, 6.45) is 3.69. The molecule has 1 aromatic carbocycles. The summed E-state index contributed by atoms with van der Waals surface area (Å²) in [5, 5.41) is 0. The number of piperazine rings is 1. The van der Waals surface area contributed by atoms with Crippen molar-refractivity contribution in [3.8, 4) is 11.5 Å². The van der Waals surface area contributed by atoms with Crippen LogP contribution in [0.1, 0.15) is 37.4 Å². The Labute approximate surface area is 221 Å². The third-order valence-electron chi connectivity index (χ3n) is 7.19. The van der Waals surface area contributed by atoms with E-state index in [-0.39, 0.29) is 5.75 Å². The van der Waals surface area contributed by atoms with Gasteiger partial charge in [-0.25, -0.2) is 9.97 Å². The van der Waals surface area contributed by atoms with Gasteiger partial charge >= 0.3 is 6.36 Å². The van der Waals surface area contributed by atoms with Gasteiger partial charge in [-0.1, -0.05) is 6.42 Å². The summed E-state index contributed by atoms with van der Waals surface area (Å²) in [5.74, 6) is 0.921. The number of anilines is 1. The van der Waals surface area contributed by atoms with Crippen LogP contribution in [0.15, 0.2) is 30.5 Å². The number of aromatic nitrogens is 2. The van der Waals surface area contributed by atoms with Gasteiger partial charge in [-0.3, -0.25) is 9.69 Å². The first-order valence-electron chi connectivity index (χ1n) is 13.2. The second-order valence-electron chi connectivity index (χ2n) is 10.0. The maximum atomic E-state index is 11.8. The molecule has 1 saturated heterocycles. The fourth-order valence-electron chi connectivity index (χ4n) is 4.73. The van der Waals surface area contributed by atoms with Gasteiger partial charge in [-0.2, -0.15) is 0 Å². The number of alkyl halides is 3. The molecular formula is C27H36F3N5O3. The standard InChI is InChI=1S/C17H27N5.C10H9F3O3/c1-20-7-5-14-13-18-17(19-16(14)6-8-20)22-11-9-21(10-12-22)15-3-2-4-15;1-7(6-14)15-8-2-4-9(5-3-8)16-10(11,12)13/h13,15H,2-12H2,1H3;2-7H,1H3. The number of benzene rings is 1. The molecule has 1 aliphatic carbocycles. The van der Waals surface area contributed by atoms with Crippen LogP contribution in [-0.4, -0.2) is 90.9 Å². The summed E-state index contributed by atoms with van der Waals surface area (Å²) in [6, 6.07) is 5.67. The fraction of sp³-hybridized carbons (Fsp3) is 0.593. The highest BCUT2D eigenvalue weighted by molar-refractivity contribution is 5.56. The van der Waals surface area contributed by atoms with Crippen LogP contribution in [0.3, 0.4) is 0 Å². The van der Waals surface area contributed by atoms with E-state index in [1.165, 1.54) is 62.7 Å². The maximum Gasteiger partial charge on any atom is 0.573 e. The van der Waals surface area contributed by atoms with Gasteiger partial charge in [0.15, 0.2) is 12.4 Å². The molecule has 1 saturated carbocycles. The van der Waals surface area contributed by atoms with Crippen molar-refractivity contribution >= 4 is 12.2 Å². The quantitative estimate of drug-likeness (QED) is 0.519. The van der Waals surface area contributed by atoms with Crippen LogP contribution in [0.2, 0.25) is 0 Å². The Hall–Kier alpha value is -2.92. The molecule has 0 radical (unpaired) electrons. The zero-order valence-corrected chi connectivity index (χ0v) is 22.0. The Morgan fingerprint density at radius 2 is 1.66 bits per heavy atom. The van der Waals surface area contributed by atoms with Crippen LogP contribution in [0, 0.1) is 0 Å². The van der Waals surface area contributed by atoms with Crippen LogP contribution < -0.4 is 14.4 Å². The molecule has 0 amide bonds. The molecule has 38 heavy (non-hydrogen) atoms. The number of rotatable bonds is 6. The molecule has 0 bridgehead atoms. The first kappa shape index (κ1) is 28.1. The van der Waals surface area contributed by atoms with E-state index in [0.717, 1.165) is 63.1 Å². The molecule has 1 unspecified atom stereocenters. The van der Waals surface area contributed by atoms with Gasteiger partial charge in [0, 0.05) is 57.9 Å². The monoisotopic (exact) mass is 535 g/mol. The number of ether oxygens (including phenoxy) is 2. The Kier molecular flexibility index (Phi) is 9.43. The molecule has 1 atom stereocenters. The largest absolute Gasteiger partial charge is 0.573 e. The highest BCUT2D eigenvalue weighted by Crippen LogP contribution is 2.27. The zero-order valence-electron chi connectivity index (χ0n) is 22.0. The van der Waals surface area contributed by atoms with E-state index in [1.807, 2.05) is 0 Å². The van der Waals surface area contributed by atoms with Crippen molar-refractivity contribution < 1.29 is 27.4 Å². The van der Waals surface area contributed by atoms with E-state index in [1.54, 1.807) is 0 Å². The van der Waals surface area contributed by atoms with Gasteiger partial charge in [0.2, 0.25) is 5.95 Å². The van der Waals surface area contributed by atoms with Gasteiger partial charge in [-0.15, -0.1) is 13.2 Å². The number of likely N-dealkylation sites (N-methyl/N-ethyl adjacent to an activating group) is 1. The lowest BCUT2D eigenvalue weighted by molar-refractivity contribution is -0.274. The van der Waals surface area contributed by atoms with E-state index in [0.29, 0.717) is 12.0 Å². The fourth-order valence-corrected chi connectivity index (χ4v) is 4.73. The zero-order chi connectivity index (χ0) is 27.1. The predicted octanol–water partition coefficient (Wildman–Crippen LogP) is 3.73. The van der Waals surface area contributed by atoms with E-state index in [2.05, 4.69) is 37.7 Å². The summed E-state index contributed by atoms with van der Waals surface area (Å²) >= 11 is 0. The smallest absolute Gasteiger partial charge is 0.483 e. The molecule has 11 heteroatoms. The van der Waals surface area contributed by atoms with Crippen molar-refractivity contribution in [3.63, 3.8) is 0 Å². The molecule has 2 aromatic rings. The predicted molar refractivity (Wildman–Crippen MR) is 138 cm³/mol.